The highest BCUT2D eigenvalue weighted by Crippen LogP contribution is 2.28. The molecule has 48 heavy (non-hydrogen) atoms. The Kier molecular flexibility index (Phi) is 38.1. The standard InChI is InChI=1S/C45H87NO2/c1-5-7-9-11-13-15-17-19-20-21-22-23-24-25-26-28-29-31-33-35-37-39-42(3)43(4)44(41-47)45(46-48)40-38-36-34-32-30-27-18-16-14-12-10-8-6-2/h38,40,43-45,47H,3,5-37,39,41H2,1-2,4H3/b40-38+/t43-,44?,45?/m0/s1. The molecule has 0 aromatic heterocycles. The molecule has 0 aliphatic rings. The number of aliphatic hydroxyl groups excluding tert-OH is 1. The Morgan fingerprint density at radius 2 is 0.854 bits per heavy atom. The van der Waals surface area contributed by atoms with Crippen molar-refractivity contribution in [2.45, 2.75) is 245 Å². The van der Waals surface area contributed by atoms with Crippen LogP contribution < -0.4 is 0 Å². The van der Waals surface area contributed by atoms with Gasteiger partial charge in [-0.1, -0.05) is 243 Å². The predicted molar refractivity (Wildman–Crippen MR) is 216 cm³/mol. The van der Waals surface area contributed by atoms with E-state index in [1.165, 1.54) is 205 Å². The number of unbranched alkanes of at least 4 members (excludes halogenated alkanes) is 31. The second-order valence-electron chi connectivity index (χ2n) is 15.5. The SMILES string of the molecule is C=C(CCCCCCCCCCCCCCCCCCCCCCC)[C@H](C)C(CO)C(/C=C/CCCCCCCCCCCCC)N=O. The molecule has 0 heterocycles. The summed E-state index contributed by atoms with van der Waals surface area (Å²) in [6, 6.07) is -0.464. The molecule has 0 rings (SSSR count). The van der Waals surface area contributed by atoms with Crippen molar-refractivity contribution in [2.75, 3.05) is 6.61 Å². The Hall–Kier alpha value is -0.960. The smallest absolute Gasteiger partial charge is 0.116 e. The summed E-state index contributed by atoms with van der Waals surface area (Å²) in [5, 5.41) is 13.5. The van der Waals surface area contributed by atoms with Gasteiger partial charge in [0.25, 0.3) is 0 Å². The maximum atomic E-state index is 11.7. The number of nitroso groups, excluding NO2 is 1. The van der Waals surface area contributed by atoms with Crippen molar-refractivity contribution in [2.24, 2.45) is 17.0 Å². The Morgan fingerprint density at radius 3 is 1.17 bits per heavy atom. The highest BCUT2D eigenvalue weighted by Gasteiger charge is 2.27. The second kappa shape index (κ2) is 38.8. The van der Waals surface area contributed by atoms with Crippen LogP contribution in [-0.4, -0.2) is 17.8 Å². The van der Waals surface area contributed by atoms with Crippen molar-refractivity contribution in [1.82, 2.24) is 0 Å². The van der Waals surface area contributed by atoms with Crippen molar-refractivity contribution in [3.8, 4) is 0 Å². The van der Waals surface area contributed by atoms with Gasteiger partial charge in [-0.05, 0) is 31.6 Å². The van der Waals surface area contributed by atoms with E-state index >= 15 is 0 Å². The Bertz CT molecular complexity index is 688. The molecule has 0 aliphatic carbocycles. The van der Waals surface area contributed by atoms with Crippen LogP contribution in [0.3, 0.4) is 0 Å². The van der Waals surface area contributed by atoms with Crippen LogP contribution in [0, 0.1) is 16.7 Å². The fourth-order valence-electron chi connectivity index (χ4n) is 7.29. The van der Waals surface area contributed by atoms with Crippen LogP contribution in [0.2, 0.25) is 0 Å². The lowest BCUT2D eigenvalue weighted by Gasteiger charge is -2.26. The lowest BCUT2D eigenvalue weighted by Crippen LogP contribution is -2.28. The molecule has 0 saturated carbocycles. The predicted octanol–water partition coefficient (Wildman–Crippen LogP) is 15.8. The monoisotopic (exact) mass is 674 g/mol. The van der Waals surface area contributed by atoms with Gasteiger partial charge in [-0.2, -0.15) is 4.91 Å². The first-order valence-electron chi connectivity index (χ1n) is 21.9. The zero-order valence-electron chi connectivity index (χ0n) is 33.1. The maximum Gasteiger partial charge on any atom is 0.116 e. The third-order valence-electron chi connectivity index (χ3n) is 11.0. The zero-order chi connectivity index (χ0) is 35.2. The molecule has 284 valence electrons. The first-order valence-corrected chi connectivity index (χ1v) is 21.9. The van der Waals surface area contributed by atoms with Crippen molar-refractivity contribution >= 4 is 0 Å². The topological polar surface area (TPSA) is 49.7 Å². The van der Waals surface area contributed by atoms with Gasteiger partial charge >= 0.3 is 0 Å². The van der Waals surface area contributed by atoms with E-state index in [9.17, 15) is 10.0 Å². The summed E-state index contributed by atoms with van der Waals surface area (Å²) in [6.45, 7) is 11.0. The quantitative estimate of drug-likeness (QED) is 0.0400. The van der Waals surface area contributed by atoms with Gasteiger partial charge in [0, 0.05) is 12.5 Å². The summed E-state index contributed by atoms with van der Waals surface area (Å²) in [4.78, 5) is 11.7. The van der Waals surface area contributed by atoms with Gasteiger partial charge < -0.3 is 5.11 Å². The fraction of sp³-hybridized carbons (Fsp3) is 0.911. The van der Waals surface area contributed by atoms with Gasteiger partial charge in [0.1, 0.15) is 6.04 Å². The third-order valence-corrected chi connectivity index (χ3v) is 11.0. The lowest BCUT2D eigenvalue weighted by atomic mass is 9.81. The summed E-state index contributed by atoms with van der Waals surface area (Å²) in [6.07, 6.45) is 50.3. The van der Waals surface area contributed by atoms with Crippen molar-refractivity contribution in [3.63, 3.8) is 0 Å². The molecule has 0 aliphatic heterocycles. The first kappa shape index (κ1) is 47.0. The molecule has 0 saturated heterocycles. The molecule has 0 radical (unpaired) electrons. The molecule has 0 amide bonds. The molecule has 3 atom stereocenters. The average Bonchev–Trinajstić information content (AvgIpc) is 3.10. The molecule has 3 heteroatoms. The van der Waals surface area contributed by atoms with Gasteiger partial charge in [-0.25, -0.2) is 0 Å². The lowest BCUT2D eigenvalue weighted by molar-refractivity contribution is 0.182. The number of aliphatic hydroxyl groups is 1. The fourth-order valence-corrected chi connectivity index (χ4v) is 7.29. The number of rotatable bonds is 40. The van der Waals surface area contributed by atoms with E-state index in [1.54, 1.807) is 0 Å². The van der Waals surface area contributed by atoms with E-state index in [2.05, 4.69) is 38.6 Å². The van der Waals surface area contributed by atoms with Crippen LogP contribution in [0.5, 0.6) is 0 Å². The minimum Gasteiger partial charge on any atom is -0.396 e. The molecule has 0 fully saturated rings. The van der Waals surface area contributed by atoms with Crippen LogP contribution in [0.15, 0.2) is 29.5 Å². The second-order valence-corrected chi connectivity index (χ2v) is 15.5. The van der Waals surface area contributed by atoms with E-state index in [0.717, 1.165) is 19.3 Å². The van der Waals surface area contributed by atoms with E-state index in [4.69, 9.17) is 0 Å². The molecule has 0 aromatic rings. The maximum absolute atomic E-state index is 11.7. The van der Waals surface area contributed by atoms with Crippen molar-refractivity contribution in [3.05, 3.63) is 29.2 Å². The summed E-state index contributed by atoms with van der Waals surface area (Å²) in [7, 11) is 0. The normalized spacial score (nSPS) is 13.7. The Balaban J connectivity index is 3.74. The van der Waals surface area contributed by atoms with Crippen LogP contribution in [0.25, 0.3) is 0 Å². The summed E-state index contributed by atoms with van der Waals surface area (Å²) in [5.41, 5.74) is 1.17. The average molecular weight is 674 g/mol. The molecule has 0 spiro atoms. The van der Waals surface area contributed by atoms with Gasteiger partial charge in [-0.15, -0.1) is 0 Å². The van der Waals surface area contributed by atoms with Crippen molar-refractivity contribution in [1.29, 1.82) is 0 Å². The van der Waals surface area contributed by atoms with E-state index in [1.807, 2.05) is 6.08 Å². The molecular weight excluding hydrogens is 587 g/mol. The number of hydrogen-bond donors (Lipinski definition) is 1. The Labute approximate surface area is 302 Å². The third kappa shape index (κ3) is 31.1. The summed E-state index contributed by atoms with van der Waals surface area (Å²) in [5.74, 6) is -0.0621. The van der Waals surface area contributed by atoms with E-state index in [-0.39, 0.29) is 18.4 Å². The van der Waals surface area contributed by atoms with Crippen LogP contribution in [0.1, 0.15) is 239 Å². The molecule has 1 N–H and O–H groups in total. The summed E-state index contributed by atoms with van der Waals surface area (Å²) < 4.78 is 0. The molecular formula is C45H87NO2. The van der Waals surface area contributed by atoms with Crippen molar-refractivity contribution < 1.29 is 5.11 Å². The van der Waals surface area contributed by atoms with Gasteiger partial charge in [0.05, 0.1) is 0 Å². The highest BCUT2D eigenvalue weighted by molar-refractivity contribution is 5.07. The van der Waals surface area contributed by atoms with Gasteiger partial charge in [-0.3, -0.25) is 0 Å². The van der Waals surface area contributed by atoms with Crippen LogP contribution >= 0.6 is 0 Å². The van der Waals surface area contributed by atoms with E-state index in [0.29, 0.717) is 0 Å². The minimum absolute atomic E-state index is 0.0152. The zero-order valence-corrected chi connectivity index (χ0v) is 33.1. The largest absolute Gasteiger partial charge is 0.396 e. The van der Waals surface area contributed by atoms with E-state index < -0.39 is 6.04 Å². The molecule has 0 aromatic carbocycles. The Morgan fingerprint density at radius 1 is 0.542 bits per heavy atom. The summed E-state index contributed by atoms with van der Waals surface area (Å²) >= 11 is 0. The molecule has 3 nitrogen and oxygen atoms in total. The number of hydrogen-bond acceptors (Lipinski definition) is 3. The van der Waals surface area contributed by atoms with Crippen LogP contribution in [-0.2, 0) is 0 Å². The first-order chi connectivity index (χ1) is 23.6. The number of nitrogens with zero attached hydrogens (tertiary/aromatic N) is 1. The van der Waals surface area contributed by atoms with Gasteiger partial charge in [0.2, 0.25) is 0 Å². The highest BCUT2D eigenvalue weighted by atomic mass is 16.3. The van der Waals surface area contributed by atoms with Crippen LogP contribution in [0.4, 0.5) is 0 Å². The number of allylic oxidation sites excluding steroid dienone is 2. The molecule has 2 unspecified atom stereocenters. The molecule has 0 bridgehead atoms. The minimum atomic E-state index is -0.464. The van der Waals surface area contributed by atoms with Gasteiger partial charge in [0.15, 0.2) is 0 Å².